The fraction of sp³-hybridized carbons (Fsp3) is 0.333. The van der Waals surface area contributed by atoms with Crippen LogP contribution in [-0.4, -0.2) is 30.4 Å². The minimum absolute atomic E-state index is 0. The van der Waals surface area contributed by atoms with Crippen LogP contribution in [-0.2, 0) is 4.79 Å². The molecule has 0 unspecified atom stereocenters. The number of nitrogens with one attached hydrogen (secondary N) is 1. The quantitative estimate of drug-likeness (QED) is 0.701. The number of carbonyl (C=O) groups excluding carboxylic acids is 1. The number of rotatable bonds is 5. The number of halogens is 1. The van der Waals surface area contributed by atoms with Gasteiger partial charge in [0.1, 0.15) is 16.9 Å². The Labute approximate surface area is 151 Å². The van der Waals surface area contributed by atoms with Gasteiger partial charge in [-0.2, -0.15) is 0 Å². The summed E-state index contributed by atoms with van der Waals surface area (Å²) in [4.78, 5) is 26.2. The molecule has 0 fully saturated rings. The maximum absolute atomic E-state index is 12.1. The van der Waals surface area contributed by atoms with Crippen molar-refractivity contribution in [2.75, 3.05) is 25.0 Å². The van der Waals surface area contributed by atoms with E-state index in [-0.39, 0.29) is 30.5 Å². The van der Waals surface area contributed by atoms with Crippen molar-refractivity contribution in [3.63, 3.8) is 0 Å². The summed E-state index contributed by atoms with van der Waals surface area (Å²) in [6, 6.07) is 5.24. The topological polar surface area (TPSA) is 75.7 Å². The predicted molar refractivity (Wildman–Crippen MR) is 101 cm³/mol. The average Bonchev–Trinajstić information content (AvgIpc) is 2.92. The molecule has 6 nitrogen and oxygen atoms in total. The molecule has 2 heterocycles. The molecule has 0 aliphatic rings. The Bertz CT molecular complexity index is 957. The number of anilines is 1. The van der Waals surface area contributed by atoms with Crippen LogP contribution >= 0.6 is 12.4 Å². The van der Waals surface area contributed by atoms with Crippen LogP contribution in [0.25, 0.3) is 21.9 Å². The van der Waals surface area contributed by atoms with Gasteiger partial charge in [0, 0.05) is 16.8 Å². The molecule has 0 spiro atoms. The van der Waals surface area contributed by atoms with Gasteiger partial charge in [-0.25, -0.2) is 4.79 Å². The van der Waals surface area contributed by atoms with Gasteiger partial charge < -0.3 is 14.2 Å². The first-order valence-electron chi connectivity index (χ1n) is 7.99. The molecule has 1 N–H and O–H groups in total. The van der Waals surface area contributed by atoms with Crippen LogP contribution in [0.5, 0.6) is 0 Å². The maximum Gasteiger partial charge on any atom is 0.360 e. The lowest BCUT2D eigenvalue weighted by Crippen LogP contribution is -2.33. The molecule has 25 heavy (non-hydrogen) atoms. The number of amides is 1. The largest absolute Gasteiger partial charge is 0.464 e. The molecule has 0 saturated heterocycles. The number of carbonyl (C=O) groups is 1. The number of aryl methyl sites for hydroxylation is 1. The van der Waals surface area contributed by atoms with Gasteiger partial charge in [-0.15, -0.1) is 12.4 Å². The molecule has 1 amide bonds. The molecule has 3 rings (SSSR count). The molecule has 7 heteroatoms. The van der Waals surface area contributed by atoms with Gasteiger partial charge in [0.2, 0.25) is 5.91 Å². The number of likely N-dealkylation sites (N-methyl/N-ethyl adjacent to an activating group) is 1. The molecule has 0 radical (unpaired) electrons. The van der Waals surface area contributed by atoms with Crippen molar-refractivity contribution >= 4 is 45.9 Å². The highest BCUT2D eigenvalue weighted by molar-refractivity contribution is 5.98. The fourth-order valence-electron chi connectivity index (χ4n) is 2.70. The van der Waals surface area contributed by atoms with Crippen molar-refractivity contribution in [1.82, 2.24) is 4.90 Å². The Morgan fingerprint density at radius 1 is 1.16 bits per heavy atom. The highest BCUT2D eigenvalue weighted by Gasteiger charge is 2.13. The monoisotopic (exact) mass is 364 g/mol. The second kappa shape index (κ2) is 7.72. The number of hydrogen-bond acceptors (Lipinski definition) is 5. The highest BCUT2D eigenvalue weighted by atomic mass is 35.5. The lowest BCUT2D eigenvalue weighted by atomic mass is 10.1. The first kappa shape index (κ1) is 19.0. The SMILES string of the molecule is CCN(CC)CC(=O)Nc1cc2cc3c(C)coc3cc2oc1=O.Cl. The number of furan rings is 1. The molecule has 0 bridgehead atoms. The minimum Gasteiger partial charge on any atom is -0.464 e. The maximum atomic E-state index is 12.1. The molecular formula is C18H21ClN2O4. The lowest BCUT2D eigenvalue weighted by molar-refractivity contribution is -0.117. The van der Waals surface area contributed by atoms with E-state index >= 15 is 0 Å². The van der Waals surface area contributed by atoms with Crippen LogP contribution in [0.15, 0.2) is 38.1 Å². The fourth-order valence-corrected chi connectivity index (χ4v) is 2.70. The Morgan fingerprint density at radius 3 is 2.56 bits per heavy atom. The van der Waals surface area contributed by atoms with Gasteiger partial charge in [0.15, 0.2) is 0 Å². The molecular weight excluding hydrogens is 344 g/mol. The second-order valence-corrected chi connectivity index (χ2v) is 5.76. The van der Waals surface area contributed by atoms with Crippen LogP contribution in [0.1, 0.15) is 19.4 Å². The molecule has 0 atom stereocenters. The van der Waals surface area contributed by atoms with E-state index in [4.69, 9.17) is 8.83 Å². The van der Waals surface area contributed by atoms with Crippen LogP contribution < -0.4 is 10.9 Å². The zero-order chi connectivity index (χ0) is 17.3. The van der Waals surface area contributed by atoms with Gasteiger partial charge in [0.05, 0.1) is 12.8 Å². The van der Waals surface area contributed by atoms with Gasteiger partial charge >= 0.3 is 5.63 Å². The molecule has 134 valence electrons. The molecule has 2 aromatic heterocycles. The number of nitrogens with zero attached hydrogens (tertiary/aromatic N) is 1. The molecule has 0 saturated carbocycles. The summed E-state index contributed by atoms with van der Waals surface area (Å²) in [6.07, 6.45) is 1.66. The minimum atomic E-state index is -0.571. The Balaban J connectivity index is 0.00000225. The van der Waals surface area contributed by atoms with E-state index in [0.717, 1.165) is 29.4 Å². The lowest BCUT2D eigenvalue weighted by Gasteiger charge is -2.16. The van der Waals surface area contributed by atoms with Crippen molar-refractivity contribution in [2.45, 2.75) is 20.8 Å². The zero-order valence-electron chi connectivity index (χ0n) is 14.4. The van der Waals surface area contributed by atoms with Crippen molar-refractivity contribution in [1.29, 1.82) is 0 Å². The van der Waals surface area contributed by atoms with Crippen LogP contribution in [0, 0.1) is 6.92 Å². The third kappa shape index (κ3) is 3.86. The van der Waals surface area contributed by atoms with Crippen molar-refractivity contribution in [2.24, 2.45) is 0 Å². The summed E-state index contributed by atoms with van der Waals surface area (Å²) in [6.45, 7) is 7.70. The van der Waals surface area contributed by atoms with Crippen LogP contribution in [0.3, 0.4) is 0 Å². The van der Waals surface area contributed by atoms with E-state index in [1.54, 1.807) is 18.4 Å². The van der Waals surface area contributed by atoms with E-state index in [1.165, 1.54) is 0 Å². The van der Waals surface area contributed by atoms with Gasteiger partial charge in [-0.3, -0.25) is 9.69 Å². The van der Waals surface area contributed by atoms with Crippen molar-refractivity contribution < 1.29 is 13.6 Å². The van der Waals surface area contributed by atoms with Crippen molar-refractivity contribution in [3.05, 3.63) is 40.4 Å². The highest BCUT2D eigenvalue weighted by Crippen LogP contribution is 2.27. The van der Waals surface area contributed by atoms with Gasteiger partial charge in [0.25, 0.3) is 0 Å². The summed E-state index contributed by atoms with van der Waals surface area (Å²) in [5, 5.41) is 4.34. The van der Waals surface area contributed by atoms with Gasteiger partial charge in [-0.05, 0) is 37.7 Å². The van der Waals surface area contributed by atoms with Crippen LogP contribution in [0.4, 0.5) is 5.69 Å². The number of benzene rings is 1. The van der Waals surface area contributed by atoms with Crippen LogP contribution in [0.2, 0.25) is 0 Å². The summed E-state index contributed by atoms with van der Waals surface area (Å²) >= 11 is 0. The van der Waals surface area contributed by atoms with Gasteiger partial charge in [-0.1, -0.05) is 13.8 Å². The number of hydrogen-bond donors (Lipinski definition) is 1. The molecule has 3 aromatic rings. The average molecular weight is 365 g/mol. The standard InChI is InChI=1S/C18H20N2O4.ClH/c1-4-20(5-2)9-17(21)19-14-7-12-6-13-11(3)10-23-16(13)8-15(12)24-18(14)22;/h6-8,10H,4-5,9H2,1-3H3,(H,19,21);1H. The summed E-state index contributed by atoms with van der Waals surface area (Å²) < 4.78 is 10.7. The Kier molecular flexibility index (Phi) is 5.87. The first-order valence-corrected chi connectivity index (χ1v) is 7.99. The molecule has 1 aromatic carbocycles. The second-order valence-electron chi connectivity index (χ2n) is 5.76. The summed E-state index contributed by atoms with van der Waals surface area (Å²) in [5.74, 6) is -0.231. The van der Waals surface area contributed by atoms with E-state index in [9.17, 15) is 9.59 Å². The Morgan fingerprint density at radius 2 is 1.88 bits per heavy atom. The smallest absolute Gasteiger partial charge is 0.360 e. The zero-order valence-corrected chi connectivity index (χ0v) is 15.2. The Hall–Kier alpha value is -2.31. The van der Waals surface area contributed by atoms with Crippen molar-refractivity contribution in [3.8, 4) is 0 Å². The molecule has 0 aliphatic carbocycles. The third-order valence-electron chi connectivity index (χ3n) is 4.16. The van der Waals surface area contributed by atoms with E-state index < -0.39 is 5.63 Å². The number of fused-ring (bicyclic) bond motifs is 2. The third-order valence-corrected chi connectivity index (χ3v) is 4.16. The predicted octanol–water partition coefficient (Wildman–Crippen LogP) is 3.55. The van der Waals surface area contributed by atoms with E-state index in [0.29, 0.717) is 11.2 Å². The normalized spacial score (nSPS) is 11.0. The first-order chi connectivity index (χ1) is 11.5. The summed E-state index contributed by atoms with van der Waals surface area (Å²) in [5.41, 5.74) is 1.69. The van der Waals surface area contributed by atoms with E-state index in [1.807, 2.05) is 31.7 Å². The van der Waals surface area contributed by atoms with E-state index in [2.05, 4.69) is 5.32 Å². The summed E-state index contributed by atoms with van der Waals surface area (Å²) in [7, 11) is 0. The molecule has 0 aliphatic heterocycles.